The summed E-state index contributed by atoms with van der Waals surface area (Å²) in [6, 6.07) is 40.0. The molecule has 0 unspecified atom stereocenters. The highest BCUT2D eigenvalue weighted by Crippen LogP contribution is 2.53. The largest absolute Gasteiger partial charge is 0.741 e. The van der Waals surface area contributed by atoms with Gasteiger partial charge in [0.15, 0.2) is 15.9 Å². The van der Waals surface area contributed by atoms with Gasteiger partial charge in [-0.2, -0.15) is 17.7 Å². The summed E-state index contributed by atoms with van der Waals surface area (Å²) in [5, 5.41) is 8.62. The van der Waals surface area contributed by atoms with Gasteiger partial charge in [-0.1, -0.05) is 118 Å². The zero-order chi connectivity index (χ0) is 79.0. The summed E-state index contributed by atoms with van der Waals surface area (Å²) < 4.78 is 66.2. The smallest absolute Gasteiger partial charge is 0.485 e. The Bertz CT molecular complexity index is 5410. The number of aryl methyl sites for hydroxylation is 19. The highest BCUT2D eigenvalue weighted by atomic mass is 79.9. The Morgan fingerprint density at radius 2 is 0.896 bits per heavy atom. The number of ketones is 1. The number of rotatable bonds is 6. The Labute approximate surface area is 672 Å². The molecule has 0 saturated carbocycles. The van der Waals surface area contributed by atoms with E-state index in [0.717, 1.165) is 102 Å². The van der Waals surface area contributed by atoms with E-state index in [4.69, 9.17) is 76.0 Å². The van der Waals surface area contributed by atoms with E-state index < -0.39 is 15.6 Å². The molecule has 1 aliphatic heterocycles. The van der Waals surface area contributed by atoms with Crippen molar-refractivity contribution in [2.45, 2.75) is 162 Å². The normalized spacial score (nSPS) is 12.1. The Balaban J connectivity index is 0.000000179. The number of halogens is 9. The molecule has 0 atom stereocenters. The van der Waals surface area contributed by atoms with Gasteiger partial charge in [0.05, 0.1) is 46.7 Å². The molecule has 0 radical (unpaired) electrons. The maximum absolute atomic E-state index is 11.6. The minimum atomic E-state index is -6.09. The minimum absolute atomic E-state index is 0.0660. The number of benzene rings is 9. The van der Waals surface area contributed by atoms with Crippen LogP contribution in [0.5, 0.6) is 0 Å². The number of hydrogen-bond acceptors (Lipinski definition) is 11. The third-order valence-corrected chi connectivity index (χ3v) is 25.3. The lowest BCUT2D eigenvalue weighted by Gasteiger charge is -2.23. The van der Waals surface area contributed by atoms with Crippen LogP contribution in [0.25, 0.3) is 64.0 Å². The molecule has 0 amide bonds. The maximum atomic E-state index is 11.6. The molecule has 4 heterocycles. The second-order valence-corrected chi connectivity index (χ2v) is 35.2. The summed E-state index contributed by atoms with van der Waals surface area (Å²) in [6.07, 6.45) is 1.72. The van der Waals surface area contributed by atoms with Gasteiger partial charge in [-0.3, -0.25) is 4.79 Å². The first-order valence-electron chi connectivity index (χ1n) is 33.9. The van der Waals surface area contributed by atoms with Gasteiger partial charge in [-0.25, -0.2) is 18.4 Å². The molecular weight excluding hydrogens is 1600 g/mol. The lowest BCUT2D eigenvalue weighted by atomic mass is 9.95. The molecule has 0 N–H and O–H groups in total. The standard InChI is InChI=1S/C21H22ClNOS.C19H21ClNS.C17H16ClNS.C9H8BrNS.C9H11Cl.C8H9Cl.CHF3O3S/c1-6-23-19(11-15(5)24)25-18-8-7-12(2)20(21(18)23)16-9-13(3)14(4)10-17(16)22;1-6-21-14(5)22-17-8-7-11(2)18(19(17)21)15-9-12(3)13(4)10-16(15)20;1-9-5-6-15-17(19-12(4)20-15)16(9)13-7-10(2)11(3)8-14(13)18;1-5-3-4-7-9(8(5)10)11-6(2)12-7;1-6-4-8(3)9(10)5-7(6)2;1-6-3-4-8(9)5-7(6)2;2-1(3,4)8(5,6)7/h7-11H,6H2,1-5H3;7-10H,6H2,1-5H3;5-8H,1-4H3;3-4H,1-2H3;4-5H,1-3H3;3-5H,1-2H3;(H,5,6,7)/q;+1;;;;;/p-1/b19-11-;;;;;;. The van der Waals surface area contributed by atoms with Crippen LogP contribution in [0.2, 0.25) is 25.1 Å². The molecule has 1 aliphatic rings. The predicted octanol–water partition coefficient (Wildman–Crippen LogP) is 27.9. The van der Waals surface area contributed by atoms with Crippen molar-refractivity contribution < 1.29 is 35.5 Å². The molecule has 0 bridgehead atoms. The minimum Gasteiger partial charge on any atom is -0.741 e. The molecule has 0 aliphatic carbocycles. The number of allylic oxidation sites excluding steroid dienone is 1. The number of nitrogens with zero attached hydrogens (tertiary/aromatic N) is 4. The van der Waals surface area contributed by atoms with E-state index >= 15 is 0 Å². The summed E-state index contributed by atoms with van der Waals surface area (Å²) in [5.41, 5.74) is 24.5. The van der Waals surface area contributed by atoms with Crippen molar-refractivity contribution in [1.29, 1.82) is 0 Å². The van der Waals surface area contributed by atoms with E-state index in [1.165, 1.54) is 119 Å². The Morgan fingerprint density at radius 1 is 0.500 bits per heavy atom. The van der Waals surface area contributed by atoms with Crippen molar-refractivity contribution in [2.24, 2.45) is 0 Å². The zero-order valence-electron chi connectivity index (χ0n) is 63.3. The van der Waals surface area contributed by atoms with E-state index in [9.17, 15) is 18.0 Å². The van der Waals surface area contributed by atoms with E-state index in [0.29, 0.717) is 0 Å². The average Bonchev–Trinajstić information content (AvgIpc) is 1.56. The Kier molecular flexibility index (Phi) is 30.4. The van der Waals surface area contributed by atoms with Gasteiger partial charge < -0.3 is 9.45 Å². The van der Waals surface area contributed by atoms with Gasteiger partial charge in [0.25, 0.3) is 0 Å². The number of anilines is 1. The molecule has 0 spiro atoms. The summed E-state index contributed by atoms with van der Waals surface area (Å²) in [7, 11) is -6.09. The Hall–Kier alpha value is -6.16. The van der Waals surface area contributed by atoms with Crippen LogP contribution in [-0.4, -0.2) is 40.8 Å². The zero-order valence-corrected chi connectivity index (χ0v) is 72.8. The van der Waals surface area contributed by atoms with Crippen LogP contribution in [0.15, 0.2) is 136 Å². The van der Waals surface area contributed by atoms with Gasteiger partial charge in [0.2, 0.25) is 10.5 Å². The number of carbonyl (C=O) groups is 1. The summed E-state index contributed by atoms with van der Waals surface area (Å²) in [6.45, 7) is 45.4. The van der Waals surface area contributed by atoms with E-state index in [1.54, 1.807) is 47.4 Å². The van der Waals surface area contributed by atoms with Crippen molar-refractivity contribution in [1.82, 2.24) is 9.97 Å². The quantitative estimate of drug-likeness (QED) is 0.0701. The summed E-state index contributed by atoms with van der Waals surface area (Å²) in [4.78, 5) is 24.2. The van der Waals surface area contributed by atoms with Crippen molar-refractivity contribution in [3.05, 3.63) is 254 Å². The summed E-state index contributed by atoms with van der Waals surface area (Å²) >= 11 is 41.8. The fourth-order valence-corrected chi connectivity index (χ4v) is 17.6. The molecule has 22 heteroatoms. The number of thioether (sulfide) groups is 1. The molecule has 8 nitrogen and oxygen atoms in total. The number of thiazole rings is 3. The van der Waals surface area contributed by atoms with Crippen molar-refractivity contribution >= 4 is 172 Å². The van der Waals surface area contributed by atoms with Crippen LogP contribution < -0.4 is 9.47 Å². The maximum Gasteiger partial charge on any atom is 0.485 e. The van der Waals surface area contributed by atoms with Crippen molar-refractivity contribution in [3.63, 3.8) is 0 Å². The topological polar surface area (TPSA) is 107 Å². The van der Waals surface area contributed by atoms with E-state index in [-0.39, 0.29) is 5.78 Å². The number of aromatic nitrogens is 3. The molecule has 9 aromatic carbocycles. The Morgan fingerprint density at radius 3 is 1.36 bits per heavy atom. The monoisotopic (exact) mass is 1690 g/mol. The van der Waals surface area contributed by atoms with Crippen LogP contribution in [-0.2, 0) is 21.5 Å². The second-order valence-electron chi connectivity index (χ2n) is 26.2. The van der Waals surface area contributed by atoms with Gasteiger partial charge in [0.1, 0.15) is 11.2 Å². The van der Waals surface area contributed by atoms with Gasteiger partial charge >= 0.3 is 5.51 Å². The number of carbonyl (C=O) groups excluding carboxylic acids is 1. The number of alkyl halides is 3. The van der Waals surface area contributed by atoms with Gasteiger partial charge in [0, 0.05) is 81.8 Å². The van der Waals surface area contributed by atoms with Crippen molar-refractivity contribution in [2.75, 3.05) is 11.4 Å². The van der Waals surface area contributed by atoms with Crippen LogP contribution in [0.3, 0.4) is 0 Å². The fourth-order valence-electron chi connectivity index (χ4n) is 11.6. The molecule has 106 heavy (non-hydrogen) atoms. The lowest BCUT2D eigenvalue weighted by Crippen LogP contribution is -2.33. The first-order chi connectivity index (χ1) is 49.5. The molecule has 3 aromatic heterocycles. The SMILES string of the molecule is CCN1/C(=C/C(C)=O)Sc2ccc(C)c(-c3cc(C)c(C)cc3Cl)c21.CC[n+]1c(C)sc2ccc(C)c(-c3cc(C)c(C)cc3Cl)c21.Cc1cc(C)c(Cl)cc1C.Cc1ccc(Cl)cc1C.Cc1nc2c(-c3cc(C)c(C)cc3Cl)c(C)ccc2s1.Cc1nc2c(Br)c(C)ccc2s1.O=S(=O)([O-])C(F)(F)F. The molecule has 12 aromatic rings. The van der Waals surface area contributed by atoms with E-state index in [1.807, 2.05) is 68.5 Å². The van der Waals surface area contributed by atoms with Crippen LogP contribution in [0, 0.1) is 125 Å². The molecule has 0 saturated heterocycles. The fraction of sp³-hybridized carbons (Fsp3) is 0.286. The molecule has 0 fully saturated rings. The van der Waals surface area contributed by atoms with Crippen LogP contribution in [0.1, 0.15) is 119 Å². The molecular formula is C84H87BrCl5F3N4O4S5. The lowest BCUT2D eigenvalue weighted by molar-refractivity contribution is -0.669. The number of fused-ring (bicyclic) bond motifs is 4. The van der Waals surface area contributed by atoms with E-state index in [2.05, 4.69) is 227 Å². The van der Waals surface area contributed by atoms with Crippen LogP contribution >= 0.6 is 120 Å². The summed E-state index contributed by atoms with van der Waals surface area (Å²) in [5.74, 6) is 0.0660. The predicted molar refractivity (Wildman–Crippen MR) is 454 cm³/mol. The first kappa shape index (κ1) is 87.1. The third-order valence-electron chi connectivity index (χ3n) is 18.1. The first-order valence-corrected chi connectivity index (χ1v) is 41.3. The highest BCUT2D eigenvalue weighted by molar-refractivity contribution is 9.10. The molecule has 13 rings (SSSR count). The third kappa shape index (κ3) is 21.2. The van der Waals surface area contributed by atoms with Crippen LogP contribution in [0.4, 0.5) is 18.9 Å². The van der Waals surface area contributed by atoms with Crippen molar-refractivity contribution in [3.8, 4) is 33.4 Å². The molecule has 560 valence electrons. The highest BCUT2D eigenvalue weighted by Gasteiger charge is 2.37. The van der Waals surface area contributed by atoms with Gasteiger partial charge in [-0.15, -0.1) is 22.7 Å². The second kappa shape index (κ2) is 37.0. The average molecular weight is 1690 g/mol. The van der Waals surface area contributed by atoms with Gasteiger partial charge in [-0.05, 0) is 317 Å². The number of hydrogen-bond donors (Lipinski definition) is 0.